The molecule has 0 radical (unpaired) electrons. The fourth-order valence-electron chi connectivity index (χ4n) is 13.9. The maximum atomic E-state index is 12.8. The number of nitrogens with one attached hydrogen (secondary N) is 2. The standard InChI is InChI=1S/C18H20N2O6.C18H16N2O4.C10H6O6.C6H8N2.2CH4/c1-7-3-5-8(6-4-7)20-16(22)12-9-10(14(12)18(25)26)13(17(23)24)11(9)15(21)19-2;1-7-3-5-8(6-4-7)20-17(23)13-9-10(14(13)18(20)24)12-11(9)15(21)19(2)16(12)22;11-7-3-1-2(5(3)9(13)15-7)6-4(1)8(12)16-10(6)14;7-5-1-2-6(8)4-3-5;;/h3-6,9-14H,1-2H3,(H,19,21)(H,20,22)(H,23,24)(H,25,26);3-6,9-14H,1-2H3;1-6H;1-4H,7-8H2;2*1H4. The molecule has 13 rings (SSSR count). The van der Waals surface area contributed by atoms with E-state index in [1.807, 2.05) is 38.1 Å². The molecule has 0 aromatic heterocycles. The van der Waals surface area contributed by atoms with Gasteiger partial charge in [-0.25, -0.2) is 0 Å². The predicted octanol–water partition coefficient (Wildman–Crippen LogP) is 2.17. The van der Waals surface area contributed by atoms with Gasteiger partial charge in [-0.1, -0.05) is 50.2 Å². The number of cyclic esters (lactones) is 4. The summed E-state index contributed by atoms with van der Waals surface area (Å²) in [5.74, 6) is -16.2. The highest BCUT2D eigenvalue weighted by Crippen LogP contribution is 2.71. The third kappa shape index (κ3) is 7.81. The fourth-order valence-corrected chi connectivity index (χ4v) is 13.9. The number of aliphatic carboxylic acids is 2. The second-order valence-corrected chi connectivity index (χ2v) is 20.6. The second-order valence-electron chi connectivity index (χ2n) is 20.6. The highest BCUT2D eigenvalue weighted by atomic mass is 16.6. The molecule has 16 unspecified atom stereocenters. The van der Waals surface area contributed by atoms with Gasteiger partial charge in [0.1, 0.15) is 0 Å². The van der Waals surface area contributed by atoms with Crippen LogP contribution in [0.1, 0.15) is 26.0 Å². The van der Waals surface area contributed by atoms with Crippen LogP contribution < -0.4 is 27.0 Å². The van der Waals surface area contributed by atoms with E-state index in [9.17, 15) is 67.7 Å². The number of fused-ring (bicyclic) bond motifs is 15. The highest BCUT2D eigenvalue weighted by molar-refractivity contribution is 6.24. The third-order valence-corrected chi connectivity index (χ3v) is 17.3. The number of amides is 6. The monoisotopic (exact) mass is 1050 g/mol. The number of carboxylic acid groups (broad SMARTS) is 2. The Labute approximate surface area is 435 Å². The molecule has 8 N–H and O–H groups in total. The van der Waals surface area contributed by atoms with E-state index >= 15 is 0 Å². The zero-order valence-corrected chi connectivity index (χ0v) is 40.0. The number of carboxylic acids is 2. The van der Waals surface area contributed by atoms with Gasteiger partial charge in [-0.15, -0.1) is 0 Å². The van der Waals surface area contributed by atoms with Crippen molar-refractivity contribution in [2.45, 2.75) is 28.7 Å². The van der Waals surface area contributed by atoms with Crippen molar-refractivity contribution in [1.82, 2.24) is 10.2 Å². The number of nitrogens with zero attached hydrogens (tertiary/aromatic N) is 2. The van der Waals surface area contributed by atoms with Gasteiger partial charge in [0.15, 0.2) is 0 Å². The first-order valence-corrected chi connectivity index (χ1v) is 24.0. The van der Waals surface area contributed by atoms with Crippen molar-refractivity contribution in [1.29, 1.82) is 0 Å². The van der Waals surface area contributed by atoms with Crippen molar-refractivity contribution >= 4 is 94.0 Å². The Bertz CT molecular complexity index is 2870. The van der Waals surface area contributed by atoms with Gasteiger partial charge >= 0.3 is 35.8 Å². The summed E-state index contributed by atoms with van der Waals surface area (Å²) in [5.41, 5.74) is 15.4. The minimum absolute atomic E-state index is 0. The van der Waals surface area contributed by atoms with Crippen LogP contribution in [0.4, 0.5) is 22.7 Å². The Hall–Kier alpha value is -8.30. The summed E-state index contributed by atoms with van der Waals surface area (Å²) < 4.78 is 9.05. The topological polar surface area (TPSA) is 346 Å². The number of anilines is 4. The molecular formula is C54H58N6O16. The number of imide groups is 2. The van der Waals surface area contributed by atoms with Crippen LogP contribution >= 0.6 is 0 Å². The number of ether oxygens (including phenoxy) is 2. The number of rotatable bonds is 6. The Kier molecular flexibility index (Phi) is 13.8. The smallest absolute Gasteiger partial charge is 0.317 e. The summed E-state index contributed by atoms with van der Waals surface area (Å²) in [5, 5.41) is 24.0. The van der Waals surface area contributed by atoms with E-state index in [-0.39, 0.29) is 62.2 Å². The minimum atomic E-state index is -1.21. The van der Waals surface area contributed by atoms with Crippen molar-refractivity contribution in [3.8, 4) is 0 Å². The predicted molar refractivity (Wildman–Crippen MR) is 264 cm³/mol. The fraction of sp³-hybridized carbons (Fsp3) is 0.444. The van der Waals surface area contributed by atoms with Crippen molar-refractivity contribution in [2.75, 3.05) is 35.8 Å². The van der Waals surface area contributed by atoms with Crippen LogP contribution in [0, 0.1) is 120 Å². The van der Waals surface area contributed by atoms with Crippen molar-refractivity contribution < 1.29 is 77.2 Å². The molecule has 3 aromatic rings. The molecule has 76 heavy (non-hydrogen) atoms. The quantitative estimate of drug-likeness (QED) is 0.0891. The van der Waals surface area contributed by atoms with Crippen LogP contribution in [0.3, 0.4) is 0 Å². The first kappa shape index (κ1) is 54.0. The van der Waals surface area contributed by atoms with Crippen molar-refractivity contribution in [2.24, 2.45) is 107 Å². The average molecular weight is 1050 g/mol. The summed E-state index contributed by atoms with van der Waals surface area (Å²) in [7, 11) is 2.88. The van der Waals surface area contributed by atoms with Gasteiger partial charge in [0.05, 0.1) is 76.7 Å². The van der Waals surface area contributed by atoms with Gasteiger partial charge in [-0.2, -0.15) is 0 Å². The lowest BCUT2D eigenvalue weighted by molar-refractivity contribution is -0.221. The number of carbonyl (C=O) groups is 12. The summed E-state index contributed by atoms with van der Waals surface area (Å²) in [6, 6.07) is 21.4. The van der Waals surface area contributed by atoms with E-state index < -0.39 is 130 Å². The Morgan fingerprint density at radius 2 is 0.803 bits per heavy atom. The molecule has 22 nitrogen and oxygen atoms in total. The lowest BCUT2D eigenvalue weighted by atomic mass is 9.37. The van der Waals surface area contributed by atoms with Gasteiger partial charge in [0.2, 0.25) is 35.4 Å². The van der Waals surface area contributed by atoms with Gasteiger partial charge in [-0.05, 0) is 97.9 Å². The summed E-state index contributed by atoms with van der Waals surface area (Å²) >= 11 is 0. The van der Waals surface area contributed by atoms with E-state index in [4.69, 9.17) is 11.5 Å². The number of nitrogens with two attached hydrogens (primary N) is 2. The van der Waals surface area contributed by atoms with Gasteiger partial charge in [0.25, 0.3) is 0 Å². The molecule has 0 spiro atoms. The number of nitrogen functional groups attached to an aromatic ring is 2. The van der Waals surface area contributed by atoms with Crippen LogP contribution in [0.15, 0.2) is 72.8 Å². The van der Waals surface area contributed by atoms with Gasteiger partial charge < -0.3 is 41.8 Å². The Morgan fingerprint density at radius 3 is 1.17 bits per heavy atom. The minimum Gasteiger partial charge on any atom is -0.481 e. The van der Waals surface area contributed by atoms with Gasteiger partial charge in [-0.3, -0.25) is 67.3 Å². The highest BCUT2D eigenvalue weighted by Gasteiger charge is 2.81. The van der Waals surface area contributed by atoms with E-state index in [1.54, 1.807) is 48.5 Å². The zero-order chi connectivity index (χ0) is 53.3. The zero-order valence-electron chi connectivity index (χ0n) is 40.0. The molecule has 6 amide bonds. The molecule has 4 aliphatic heterocycles. The number of aryl methyl sites for hydroxylation is 2. The molecule has 16 atom stereocenters. The molecule has 6 aliphatic carbocycles. The van der Waals surface area contributed by atoms with E-state index in [1.165, 1.54) is 19.0 Å². The number of hydrogen-bond donors (Lipinski definition) is 6. The SMILES string of the molecule is C.C.CNC(=O)C1C(C(=O)O)C2C(C(=O)O)C(C(=O)Nc3ccc(C)cc3)C12.Cc1ccc(N2C(=O)C3C(C2=O)C2C4C(=O)N(C)C(=O)C4C32)cc1.Nc1ccc(N)cc1.O=C1OC(=O)C2C1C1C3C(=O)OC(=O)C3C21. The Morgan fingerprint density at radius 1 is 0.474 bits per heavy atom. The molecule has 4 heterocycles. The molecule has 10 fully saturated rings. The molecule has 10 aliphatic rings. The molecule has 400 valence electrons. The summed E-state index contributed by atoms with van der Waals surface area (Å²) in [6.45, 7) is 3.84. The number of benzene rings is 3. The Balaban J connectivity index is 0.000000141. The molecular weight excluding hydrogens is 989 g/mol. The number of hydrogen-bond acceptors (Lipinski definition) is 16. The van der Waals surface area contributed by atoms with Crippen LogP contribution in [0.25, 0.3) is 0 Å². The number of likely N-dealkylation sites (tertiary alicyclic amines) is 1. The second kappa shape index (κ2) is 19.4. The molecule has 4 saturated heterocycles. The first-order valence-electron chi connectivity index (χ1n) is 24.0. The molecule has 0 bridgehead atoms. The third-order valence-electron chi connectivity index (χ3n) is 17.3. The van der Waals surface area contributed by atoms with Gasteiger partial charge in [0, 0.05) is 31.2 Å². The summed E-state index contributed by atoms with van der Waals surface area (Å²) in [6.07, 6.45) is 0. The maximum Gasteiger partial charge on any atom is 0.317 e. The number of esters is 4. The van der Waals surface area contributed by atoms with Crippen LogP contribution in [-0.4, -0.2) is 100 Å². The molecule has 3 aromatic carbocycles. The molecule has 22 heteroatoms. The molecule has 6 saturated carbocycles. The summed E-state index contributed by atoms with van der Waals surface area (Å²) in [4.78, 5) is 146. The van der Waals surface area contributed by atoms with Crippen molar-refractivity contribution in [3.63, 3.8) is 0 Å². The maximum absolute atomic E-state index is 12.8. The number of carbonyl (C=O) groups excluding carboxylic acids is 10. The van der Waals surface area contributed by atoms with E-state index in [0.717, 1.165) is 27.4 Å². The average Bonchev–Trinajstić information content (AvgIpc) is 3.87. The largest absolute Gasteiger partial charge is 0.481 e. The van der Waals surface area contributed by atoms with E-state index in [0.29, 0.717) is 11.4 Å². The first-order chi connectivity index (χ1) is 35.1. The lowest BCUT2D eigenvalue weighted by Crippen LogP contribution is -2.73. The van der Waals surface area contributed by atoms with Crippen LogP contribution in [0.2, 0.25) is 0 Å². The lowest BCUT2D eigenvalue weighted by Gasteiger charge is -2.63. The van der Waals surface area contributed by atoms with Crippen LogP contribution in [0.5, 0.6) is 0 Å². The van der Waals surface area contributed by atoms with E-state index in [2.05, 4.69) is 20.1 Å². The normalized spacial score (nSPS) is 35.2. The van der Waals surface area contributed by atoms with Crippen LogP contribution in [-0.2, 0) is 67.0 Å². The van der Waals surface area contributed by atoms with Crippen molar-refractivity contribution in [3.05, 3.63) is 83.9 Å².